The molecule has 0 aliphatic carbocycles. The number of benzene rings is 1. The summed E-state index contributed by atoms with van der Waals surface area (Å²) in [7, 11) is 0. The first-order valence-corrected chi connectivity index (χ1v) is 8.78. The summed E-state index contributed by atoms with van der Waals surface area (Å²) in [6.45, 7) is 5.25. The molecule has 4 rings (SSSR count). The molecule has 0 saturated carbocycles. The van der Waals surface area contributed by atoms with Crippen LogP contribution in [-0.2, 0) is 4.74 Å². The molecule has 1 aromatic carbocycles. The number of hydrogen-bond donors (Lipinski definition) is 0. The normalized spacial score (nSPS) is 20.4. The molecule has 0 unspecified atom stereocenters. The average Bonchev–Trinajstić information content (AvgIpc) is 2.68. The topological polar surface area (TPSA) is 45.7 Å². The maximum atomic E-state index is 13.0. The SMILES string of the molecule is O=C(c1ccnc2ccccc12)N1CCN(C2CCOCC2)CC1. The fraction of sp³-hybridized carbons (Fsp3) is 0.474. The van der Waals surface area contributed by atoms with Gasteiger partial charge in [0.15, 0.2) is 0 Å². The molecule has 2 aliphatic heterocycles. The number of carbonyl (C=O) groups excluding carboxylic acids is 1. The lowest BCUT2D eigenvalue weighted by atomic mass is 10.1. The van der Waals surface area contributed by atoms with Gasteiger partial charge in [-0.25, -0.2) is 0 Å². The zero-order valence-corrected chi connectivity index (χ0v) is 13.9. The Kier molecular flexibility index (Phi) is 4.45. The highest BCUT2D eigenvalue weighted by Crippen LogP contribution is 2.20. The molecule has 3 heterocycles. The van der Waals surface area contributed by atoms with Gasteiger partial charge in [-0.1, -0.05) is 18.2 Å². The molecular formula is C19H23N3O2. The Labute approximate surface area is 142 Å². The van der Waals surface area contributed by atoms with E-state index in [1.54, 1.807) is 6.20 Å². The number of ether oxygens (including phenoxy) is 1. The summed E-state index contributed by atoms with van der Waals surface area (Å²) in [4.78, 5) is 21.8. The number of rotatable bonds is 2. The van der Waals surface area contributed by atoms with E-state index in [2.05, 4.69) is 9.88 Å². The van der Waals surface area contributed by atoms with Gasteiger partial charge in [-0.05, 0) is 25.0 Å². The van der Waals surface area contributed by atoms with Crippen molar-refractivity contribution >= 4 is 16.8 Å². The van der Waals surface area contributed by atoms with Crippen LogP contribution in [0.3, 0.4) is 0 Å². The van der Waals surface area contributed by atoms with Crippen molar-refractivity contribution in [2.24, 2.45) is 0 Å². The second-order valence-electron chi connectivity index (χ2n) is 6.55. The average molecular weight is 325 g/mol. The van der Waals surface area contributed by atoms with E-state index in [9.17, 15) is 4.79 Å². The maximum Gasteiger partial charge on any atom is 0.254 e. The van der Waals surface area contributed by atoms with Crippen LogP contribution in [0.2, 0.25) is 0 Å². The molecule has 2 aliphatic rings. The van der Waals surface area contributed by atoms with E-state index in [-0.39, 0.29) is 5.91 Å². The van der Waals surface area contributed by atoms with Crippen molar-refractivity contribution < 1.29 is 9.53 Å². The Balaban J connectivity index is 1.46. The van der Waals surface area contributed by atoms with Crippen molar-refractivity contribution in [1.29, 1.82) is 0 Å². The predicted molar refractivity (Wildman–Crippen MR) is 93.1 cm³/mol. The number of piperazine rings is 1. The van der Waals surface area contributed by atoms with Crippen LogP contribution in [0.25, 0.3) is 10.9 Å². The molecule has 126 valence electrons. The zero-order valence-electron chi connectivity index (χ0n) is 13.9. The highest BCUT2D eigenvalue weighted by atomic mass is 16.5. The largest absolute Gasteiger partial charge is 0.381 e. The lowest BCUT2D eigenvalue weighted by molar-refractivity contribution is 0.0138. The van der Waals surface area contributed by atoms with Gasteiger partial charge in [0.25, 0.3) is 5.91 Å². The summed E-state index contributed by atoms with van der Waals surface area (Å²) in [5, 5.41) is 0.942. The third-order valence-corrected chi connectivity index (χ3v) is 5.19. The first kappa shape index (κ1) is 15.5. The summed E-state index contributed by atoms with van der Waals surface area (Å²) in [5.74, 6) is 0.125. The maximum absolute atomic E-state index is 13.0. The summed E-state index contributed by atoms with van der Waals surface area (Å²) in [6, 6.07) is 10.3. The number of hydrogen-bond acceptors (Lipinski definition) is 4. The van der Waals surface area contributed by atoms with Gasteiger partial charge in [-0.3, -0.25) is 14.7 Å². The standard InChI is InChI=1S/C19H23N3O2/c23-19(17-5-8-20-18-4-2-1-3-16(17)18)22-11-9-21(10-12-22)15-6-13-24-14-7-15/h1-5,8,15H,6-7,9-14H2. The van der Waals surface area contributed by atoms with Gasteiger partial charge < -0.3 is 9.64 Å². The highest BCUT2D eigenvalue weighted by molar-refractivity contribution is 6.05. The van der Waals surface area contributed by atoms with Crippen LogP contribution in [0.1, 0.15) is 23.2 Å². The van der Waals surface area contributed by atoms with Crippen LogP contribution < -0.4 is 0 Å². The van der Waals surface area contributed by atoms with Gasteiger partial charge in [-0.15, -0.1) is 0 Å². The third kappa shape index (κ3) is 3.01. The molecule has 0 atom stereocenters. The summed E-state index contributed by atoms with van der Waals surface area (Å²) in [5.41, 5.74) is 1.64. The minimum atomic E-state index is 0.125. The van der Waals surface area contributed by atoms with Crippen molar-refractivity contribution in [3.8, 4) is 0 Å². The molecule has 0 spiro atoms. The van der Waals surface area contributed by atoms with Crippen molar-refractivity contribution in [2.75, 3.05) is 39.4 Å². The number of fused-ring (bicyclic) bond motifs is 1. The zero-order chi connectivity index (χ0) is 16.4. The monoisotopic (exact) mass is 325 g/mol. The minimum absolute atomic E-state index is 0.125. The fourth-order valence-corrected chi connectivity index (χ4v) is 3.79. The van der Waals surface area contributed by atoms with E-state index in [0.29, 0.717) is 6.04 Å². The van der Waals surface area contributed by atoms with E-state index in [4.69, 9.17) is 4.74 Å². The first-order valence-electron chi connectivity index (χ1n) is 8.78. The molecule has 0 bridgehead atoms. The molecule has 24 heavy (non-hydrogen) atoms. The van der Waals surface area contributed by atoms with Crippen LogP contribution in [0.15, 0.2) is 36.5 Å². The van der Waals surface area contributed by atoms with Gasteiger partial charge in [0.2, 0.25) is 0 Å². The Morgan fingerprint density at radius 1 is 1.04 bits per heavy atom. The van der Waals surface area contributed by atoms with E-state index in [1.807, 2.05) is 35.2 Å². The van der Waals surface area contributed by atoms with Crippen LogP contribution in [0, 0.1) is 0 Å². The summed E-state index contributed by atoms with van der Waals surface area (Å²) in [6.07, 6.45) is 3.96. The molecule has 0 radical (unpaired) electrons. The number of amides is 1. The van der Waals surface area contributed by atoms with Crippen LogP contribution in [0.4, 0.5) is 0 Å². The Morgan fingerprint density at radius 2 is 1.79 bits per heavy atom. The van der Waals surface area contributed by atoms with Gasteiger partial charge in [-0.2, -0.15) is 0 Å². The number of aromatic nitrogens is 1. The smallest absolute Gasteiger partial charge is 0.254 e. The minimum Gasteiger partial charge on any atom is -0.381 e. The highest BCUT2D eigenvalue weighted by Gasteiger charge is 2.28. The summed E-state index contributed by atoms with van der Waals surface area (Å²) < 4.78 is 5.45. The molecule has 5 heteroatoms. The van der Waals surface area contributed by atoms with E-state index in [0.717, 1.165) is 68.7 Å². The molecule has 5 nitrogen and oxygen atoms in total. The first-order chi connectivity index (χ1) is 11.8. The van der Waals surface area contributed by atoms with Crippen molar-refractivity contribution in [3.63, 3.8) is 0 Å². The molecule has 2 saturated heterocycles. The molecule has 0 N–H and O–H groups in total. The number of pyridine rings is 1. The quantitative estimate of drug-likeness (QED) is 0.849. The van der Waals surface area contributed by atoms with Crippen molar-refractivity contribution in [1.82, 2.24) is 14.8 Å². The van der Waals surface area contributed by atoms with Gasteiger partial charge >= 0.3 is 0 Å². The lowest BCUT2D eigenvalue weighted by Gasteiger charge is -2.40. The number of para-hydroxylation sites is 1. The van der Waals surface area contributed by atoms with Crippen molar-refractivity contribution in [3.05, 3.63) is 42.1 Å². The van der Waals surface area contributed by atoms with Gasteiger partial charge in [0.05, 0.1) is 11.1 Å². The third-order valence-electron chi connectivity index (χ3n) is 5.19. The number of nitrogens with zero attached hydrogens (tertiary/aromatic N) is 3. The molecular weight excluding hydrogens is 302 g/mol. The van der Waals surface area contributed by atoms with E-state index >= 15 is 0 Å². The number of carbonyl (C=O) groups is 1. The van der Waals surface area contributed by atoms with E-state index < -0.39 is 0 Å². The Morgan fingerprint density at radius 3 is 2.58 bits per heavy atom. The van der Waals surface area contributed by atoms with Crippen LogP contribution in [-0.4, -0.2) is 66.1 Å². The van der Waals surface area contributed by atoms with Crippen LogP contribution in [0.5, 0.6) is 0 Å². The van der Waals surface area contributed by atoms with E-state index in [1.165, 1.54) is 0 Å². The second-order valence-corrected chi connectivity index (χ2v) is 6.55. The van der Waals surface area contributed by atoms with Gasteiger partial charge in [0, 0.05) is 57.0 Å². The molecule has 1 amide bonds. The molecule has 2 fully saturated rings. The molecule has 1 aromatic heterocycles. The second kappa shape index (κ2) is 6.87. The Bertz CT molecular complexity index is 714. The summed E-state index contributed by atoms with van der Waals surface area (Å²) >= 11 is 0. The van der Waals surface area contributed by atoms with Gasteiger partial charge in [0.1, 0.15) is 0 Å². The predicted octanol–water partition coefficient (Wildman–Crippen LogP) is 2.17. The van der Waals surface area contributed by atoms with Crippen LogP contribution >= 0.6 is 0 Å². The lowest BCUT2D eigenvalue weighted by Crippen LogP contribution is -2.53. The molecule has 2 aromatic rings. The fourth-order valence-electron chi connectivity index (χ4n) is 3.79. The van der Waals surface area contributed by atoms with Crippen molar-refractivity contribution in [2.45, 2.75) is 18.9 Å². The Hall–Kier alpha value is -1.98.